The summed E-state index contributed by atoms with van der Waals surface area (Å²) in [6, 6.07) is 23.8. The second-order valence-electron chi connectivity index (χ2n) is 9.46. The van der Waals surface area contributed by atoms with Crippen LogP contribution in [0.15, 0.2) is 94.6 Å². The fourth-order valence-electron chi connectivity index (χ4n) is 4.60. The van der Waals surface area contributed by atoms with Crippen LogP contribution in [-0.2, 0) is 21.7 Å². The molecule has 0 bridgehead atoms. The third-order valence-electron chi connectivity index (χ3n) is 6.76. The minimum atomic E-state index is -1.13. The summed E-state index contributed by atoms with van der Waals surface area (Å²) >= 11 is 0. The molecule has 1 atom stereocenters. The lowest BCUT2D eigenvalue weighted by molar-refractivity contribution is -0.123. The molecule has 41 heavy (non-hydrogen) atoms. The summed E-state index contributed by atoms with van der Waals surface area (Å²) in [4.78, 5) is 38.8. The van der Waals surface area contributed by atoms with Crippen LogP contribution in [0.3, 0.4) is 0 Å². The van der Waals surface area contributed by atoms with E-state index in [0.29, 0.717) is 17.1 Å². The van der Waals surface area contributed by atoms with Crippen molar-refractivity contribution in [1.82, 2.24) is 14.9 Å². The highest BCUT2D eigenvalue weighted by Gasteiger charge is 2.38. The van der Waals surface area contributed by atoms with Crippen LogP contribution in [0.5, 0.6) is 11.5 Å². The van der Waals surface area contributed by atoms with Crippen LogP contribution >= 0.6 is 0 Å². The lowest BCUT2D eigenvalue weighted by Gasteiger charge is -2.37. The number of H-pyrrole nitrogens is 1. The Hall–Kier alpha value is -4.67. The van der Waals surface area contributed by atoms with Gasteiger partial charge in [0.25, 0.3) is 5.56 Å². The van der Waals surface area contributed by atoms with Gasteiger partial charge in [0, 0.05) is 11.8 Å². The van der Waals surface area contributed by atoms with Crippen molar-refractivity contribution >= 4 is 5.91 Å². The summed E-state index contributed by atoms with van der Waals surface area (Å²) in [6.07, 6.45) is 1.32. The zero-order valence-electron chi connectivity index (χ0n) is 23.1. The summed E-state index contributed by atoms with van der Waals surface area (Å²) in [5.41, 5.74) is 0.378. The number of benzene rings is 3. The Bertz CT molecular complexity index is 1520. The first kappa shape index (κ1) is 29.3. The van der Waals surface area contributed by atoms with Gasteiger partial charge in [-0.1, -0.05) is 54.6 Å². The van der Waals surface area contributed by atoms with Gasteiger partial charge in [0.05, 0.1) is 33.5 Å². The number of carbonyl (C=O) groups excluding carboxylic acids is 1. The lowest BCUT2D eigenvalue weighted by atomic mass is 9.80. The molecule has 3 N–H and O–H groups in total. The maximum atomic E-state index is 12.8. The molecule has 0 saturated carbocycles. The number of aromatic amines is 1. The summed E-state index contributed by atoms with van der Waals surface area (Å²) in [5.74, 6) is 0.831. The van der Waals surface area contributed by atoms with Crippen molar-refractivity contribution in [3.8, 4) is 11.5 Å². The van der Waals surface area contributed by atoms with Gasteiger partial charge in [-0.2, -0.15) is 0 Å². The van der Waals surface area contributed by atoms with E-state index < -0.39 is 35.4 Å². The smallest absolute Gasteiger partial charge is 0.328 e. The number of rotatable bonds is 12. The van der Waals surface area contributed by atoms with E-state index in [1.54, 1.807) is 21.1 Å². The third-order valence-corrected chi connectivity index (χ3v) is 6.76. The number of methoxy groups -OCH3 is 2. The van der Waals surface area contributed by atoms with Crippen molar-refractivity contribution in [3.63, 3.8) is 0 Å². The van der Waals surface area contributed by atoms with Gasteiger partial charge in [-0.15, -0.1) is 0 Å². The van der Waals surface area contributed by atoms with Gasteiger partial charge in [0.2, 0.25) is 5.91 Å². The van der Waals surface area contributed by atoms with Gasteiger partial charge in [-0.25, -0.2) is 4.79 Å². The van der Waals surface area contributed by atoms with Crippen LogP contribution in [-0.4, -0.2) is 54.0 Å². The molecule has 1 aromatic heterocycles. The molecule has 0 aliphatic heterocycles. The molecule has 1 unspecified atom stereocenters. The first-order valence-electron chi connectivity index (χ1n) is 13.0. The number of aromatic nitrogens is 2. The summed E-state index contributed by atoms with van der Waals surface area (Å²) < 4.78 is 18.6. The molecule has 0 spiro atoms. The fourth-order valence-corrected chi connectivity index (χ4v) is 4.60. The number of aryl methyl sites for hydroxylation is 1. The van der Waals surface area contributed by atoms with Gasteiger partial charge in [0.1, 0.15) is 23.6 Å². The molecule has 214 valence electrons. The number of hydrogen-bond acceptors (Lipinski definition) is 7. The van der Waals surface area contributed by atoms with E-state index >= 15 is 0 Å². The van der Waals surface area contributed by atoms with Gasteiger partial charge >= 0.3 is 5.69 Å². The molecule has 1 amide bonds. The molecular weight excluding hydrogens is 526 g/mol. The minimum absolute atomic E-state index is 0.0747. The Morgan fingerprint density at radius 2 is 1.44 bits per heavy atom. The van der Waals surface area contributed by atoms with Crippen LogP contribution in [0.1, 0.15) is 22.3 Å². The quantitative estimate of drug-likeness (QED) is 0.227. The van der Waals surface area contributed by atoms with Crippen LogP contribution in [0.2, 0.25) is 0 Å². The summed E-state index contributed by atoms with van der Waals surface area (Å²) in [7, 11) is 3.19. The maximum absolute atomic E-state index is 12.8. The normalized spacial score (nSPS) is 12.0. The molecule has 4 aromatic rings. The van der Waals surface area contributed by atoms with E-state index in [9.17, 15) is 19.5 Å². The number of aliphatic hydroxyl groups excluding tert-OH is 1. The first-order chi connectivity index (χ1) is 19.8. The molecule has 10 heteroatoms. The SMILES string of the molecule is COc1ccc(C(OCC(CO)NC(=O)Cn2cc(C)c(=O)[nH]c2=O)(c2ccccc2)c2ccc(OC)cc2)cc1. The van der Waals surface area contributed by atoms with Crippen molar-refractivity contribution in [2.75, 3.05) is 27.4 Å². The Morgan fingerprint density at radius 3 is 1.95 bits per heavy atom. The molecule has 0 aliphatic rings. The van der Waals surface area contributed by atoms with E-state index in [1.807, 2.05) is 78.9 Å². The monoisotopic (exact) mass is 559 g/mol. The molecule has 10 nitrogen and oxygen atoms in total. The number of amides is 1. The molecule has 0 aliphatic carbocycles. The highest BCUT2D eigenvalue weighted by molar-refractivity contribution is 5.76. The fraction of sp³-hybridized carbons (Fsp3) is 0.258. The third kappa shape index (κ3) is 6.56. The number of ether oxygens (including phenoxy) is 3. The van der Waals surface area contributed by atoms with E-state index in [4.69, 9.17) is 14.2 Å². The number of aliphatic hydroxyl groups is 1. The standard InChI is InChI=1S/C31H33N3O7/c1-21-17-34(30(38)33-29(21)37)18-28(36)32-25(19-35)20-41-31(22-7-5-4-6-8-22,23-9-13-26(39-2)14-10-23)24-11-15-27(40-3)16-12-24/h4-17,25,35H,18-20H2,1-3H3,(H,32,36)(H,33,37,38). The van der Waals surface area contributed by atoms with Crippen molar-refractivity contribution in [2.24, 2.45) is 0 Å². The van der Waals surface area contributed by atoms with Crippen molar-refractivity contribution < 1.29 is 24.1 Å². The minimum Gasteiger partial charge on any atom is -0.497 e. The second-order valence-corrected chi connectivity index (χ2v) is 9.46. The highest BCUT2D eigenvalue weighted by atomic mass is 16.5. The molecular formula is C31H33N3O7. The molecule has 4 rings (SSSR count). The first-order valence-corrected chi connectivity index (χ1v) is 13.0. The van der Waals surface area contributed by atoms with Crippen molar-refractivity contribution in [1.29, 1.82) is 0 Å². The van der Waals surface area contributed by atoms with E-state index in [1.165, 1.54) is 6.20 Å². The Balaban J connectivity index is 1.68. The topological polar surface area (TPSA) is 132 Å². The van der Waals surface area contributed by atoms with Gasteiger partial charge in [-0.05, 0) is 47.9 Å². The average molecular weight is 560 g/mol. The second kappa shape index (κ2) is 13.1. The predicted octanol–water partition coefficient (Wildman–Crippen LogP) is 2.35. The highest BCUT2D eigenvalue weighted by Crippen LogP contribution is 2.41. The number of nitrogens with zero attached hydrogens (tertiary/aromatic N) is 1. The van der Waals surface area contributed by atoms with Crippen LogP contribution < -0.4 is 26.0 Å². The van der Waals surface area contributed by atoms with Crippen molar-refractivity contribution in [3.05, 3.63) is 128 Å². The number of hydrogen-bond donors (Lipinski definition) is 3. The molecule has 0 radical (unpaired) electrons. The van der Waals surface area contributed by atoms with Crippen LogP contribution in [0.25, 0.3) is 0 Å². The van der Waals surface area contributed by atoms with Gasteiger partial charge in [-0.3, -0.25) is 19.1 Å². The van der Waals surface area contributed by atoms with E-state index in [-0.39, 0.29) is 13.2 Å². The average Bonchev–Trinajstić information content (AvgIpc) is 3.00. The van der Waals surface area contributed by atoms with Crippen LogP contribution in [0.4, 0.5) is 0 Å². The summed E-state index contributed by atoms with van der Waals surface area (Å²) in [5, 5.41) is 12.9. The number of carbonyl (C=O) groups is 1. The largest absolute Gasteiger partial charge is 0.497 e. The van der Waals surface area contributed by atoms with Gasteiger partial charge in [0.15, 0.2) is 0 Å². The molecule has 0 saturated heterocycles. The molecule has 0 fully saturated rings. The lowest BCUT2D eigenvalue weighted by Crippen LogP contribution is -2.46. The zero-order valence-corrected chi connectivity index (χ0v) is 23.1. The van der Waals surface area contributed by atoms with E-state index in [2.05, 4.69) is 10.3 Å². The maximum Gasteiger partial charge on any atom is 0.328 e. The molecule has 1 heterocycles. The molecule has 3 aromatic carbocycles. The summed E-state index contributed by atoms with van der Waals surface area (Å²) in [6.45, 7) is 0.711. The van der Waals surface area contributed by atoms with Gasteiger partial charge < -0.3 is 24.6 Å². The Labute approximate surface area is 237 Å². The van der Waals surface area contributed by atoms with E-state index in [0.717, 1.165) is 21.3 Å². The Kier molecular flexibility index (Phi) is 9.38. The Morgan fingerprint density at radius 1 is 0.902 bits per heavy atom. The van der Waals surface area contributed by atoms with Crippen LogP contribution in [0, 0.1) is 6.92 Å². The zero-order chi connectivity index (χ0) is 29.4. The predicted molar refractivity (Wildman–Crippen MR) is 153 cm³/mol. The van der Waals surface area contributed by atoms with Crippen molar-refractivity contribution in [2.45, 2.75) is 25.1 Å². The number of nitrogens with one attached hydrogen (secondary N) is 2.